The first kappa shape index (κ1) is 11.4. The second-order valence-electron chi connectivity index (χ2n) is 1.43. The number of halogens is 3. The van der Waals surface area contributed by atoms with E-state index in [9.17, 15) is 4.57 Å². The summed E-state index contributed by atoms with van der Waals surface area (Å²) in [6, 6.07) is 0. The van der Waals surface area contributed by atoms with Crippen LogP contribution in [0.25, 0.3) is 0 Å². The fraction of sp³-hybridized carbons (Fsp3) is 1.00. The van der Waals surface area contributed by atoms with Crippen molar-refractivity contribution in [3.63, 3.8) is 0 Å². The maximum Gasteiger partial charge on any atom is 0.392 e. The molecule has 0 atom stereocenters. The Morgan fingerprint density at radius 3 is 1.90 bits per heavy atom. The van der Waals surface area contributed by atoms with Crippen molar-refractivity contribution in [3.8, 4) is 0 Å². The molecule has 0 aliphatic carbocycles. The second kappa shape index (κ2) is 3.85. The summed E-state index contributed by atoms with van der Waals surface area (Å²) in [7, 11) is 7.76. The molecule has 0 amide bonds. The zero-order chi connectivity index (χ0) is 8.41. The van der Waals surface area contributed by atoms with E-state index in [1.54, 1.807) is 0 Å². The van der Waals surface area contributed by atoms with E-state index < -0.39 is 14.9 Å². The van der Waals surface area contributed by atoms with E-state index in [-0.39, 0.29) is 11.6 Å². The summed E-state index contributed by atoms with van der Waals surface area (Å²) < 4.78 is 10.5. The van der Waals surface area contributed by atoms with Crippen molar-refractivity contribution in [2.75, 3.05) is 11.6 Å². The fourth-order valence-electron chi connectivity index (χ4n) is 0.212. The molecule has 64 valence electrons. The molecular formula is C2H6Cl3O3PS. The molecule has 0 aromatic carbocycles. The monoisotopic (exact) mass is 246 g/mol. The standard InChI is InChI=1S/C2H6Cl3O3PS/c3-1-2-10(4,5)9(6,7)8/h1-2H2,(H2,6,7,8). The predicted molar refractivity (Wildman–Crippen MR) is 46.9 cm³/mol. The lowest BCUT2D eigenvalue weighted by Gasteiger charge is -2.23. The third kappa shape index (κ3) is 3.18. The Balaban J connectivity index is 4.25. The molecule has 0 rings (SSSR count). The van der Waals surface area contributed by atoms with Crippen LogP contribution in [0.3, 0.4) is 0 Å². The molecule has 2 N–H and O–H groups in total. The summed E-state index contributed by atoms with van der Waals surface area (Å²) in [6.07, 6.45) is 0. The van der Waals surface area contributed by atoms with Gasteiger partial charge in [0.25, 0.3) is 0 Å². The highest BCUT2D eigenvalue weighted by Gasteiger charge is 2.37. The second-order valence-corrected chi connectivity index (χ2v) is 12.5. The van der Waals surface area contributed by atoms with Crippen LogP contribution in [0.4, 0.5) is 0 Å². The Bertz CT molecular complexity index is 156. The molecule has 0 fully saturated rings. The smallest absolute Gasteiger partial charge is 0.316 e. The first-order valence-electron chi connectivity index (χ1n) is 2.13. The average molecular weight is 247 g/mol. The largest absolute Gasteiger partial charge is 0.392 e. The molecule has 0 saturated heterocycles. The van der Waals surface area contributed by atoms with E-state index in [1.165, 1.54) is 0 Å². The number of hydrogen-bond acceptors (Lipinski definition) is 1. The van der Waals surface area contributed by atoms with Crippen molar-refractivity contribution in [2.45, 2.75) is 0 Å². The summed E-state index contributed by atoms with van der Waals surface area (Å²) in [5.41, 5.74) is 0. The van der Waals surface area contributed by atoms with Crippen molar-refractivity contribution in [2.24, 2.45) is 0 Å². The summed E-state index contributed by atoms with van der Waals surface area (Å²) >= 11 is 5.20. The van der Waals surface area contributed by atoms with E-state index in [0.29, 0.717) is 0 Å². The van der Waals surface area contributed by atoms with Crippen LogP contribution in [-0.2, 0) is 4.57 Å². The van der Waals surface area contributed by atoms with Gasteiger partial charge in [0.15, 0.2) is 0 Å². The van der Waals surface area contributed by atoms with Crippen LogP contribution in [0.2, 0.25) is 0 Å². The molecule has 0 aromatic rings. The lowest BCUT2D eigenvalue weighted by molar-refractivity contribution is 0.396. The van der Waals surface area contributed by atoms with Gasteiger partial charge in [-0.25, -0.2) is 4.57 Å². The zero-order valence-corrected chi connectivity index (χ0v) is 8.68. The van der Waals surface area contributed by atoms with Gasteiger partial charge in [-0.1, -0.05) is 0 Å². The van der Waals surface area contributed by atoms with Crippen LogP contribution < -0.4 is 0 Å². The minimum Gasteiger partial charge on any atom is -0.316 e. The van der Waals surface area contributed by atoms with Crippen molar-refractivity contribution >= 4 is 47.8 Å². The summed E-state index contributed by atoms with van der Waals surface area (Å²) in [5.74, 6) is -0.00458. The predicted octanol–water partition coefficient (Wildman–Crippen LogP) is 2.43. The van der Waals surface area contributed by atoms with Gasteiger partial charge in [-0.3, -0.25) is 0 Å². The SMILES string of the molecule is O=P(O)(O)S(Cl)(Cl)CCCl. The van der Waals surface area contributed by atoms with Gasteiger partial charge in [0, 0.05) is 19.7 Å². The summed E-state index contributed by atoms with van der Waals surface area (Å²) in [4.78, 5) is 17.0. The van der Waals surface area contributed by atoms with Gasteiger partial charge in [-0.2, -0.15) is 0 Å². The third-order valence-corrected chi connectivity index (χ3v) is 9.27. The number of hydrogen-bond donors (Lipinski definition) is 2. The van der Waals surface area contributed by atoms with Gasteiger partial charge in [0.2, 0.25) is 0 Å². The normalized spacial score (nSPS) is 15.3. The van der Waals surface area contributed by atoms with E-state index in [0.717, 1.165) is 0 Å². The molecule has 0 aliphatic heterocycles. The average Bonchev–Trinajstić information content (AvgIpc) is 1.61. The van der Waals surface area contributed by atoms with Gasteiger partial charge in [0.05, 0.1) is 0 Å². The van der Waals surface area contributed by atoms with Gasteiger partial charge in [0.1, 0.15) is 0 Å². The molecule has 0 bridgehead atoms. The first-order valence-corrected chi connectivity index (χ1v) is 8.34. The molecule has 8 heteroatoms. The highest BCUT2D eigenvalue weighted by molar-refractivity contribution is 8.97. The van der Waals surface area contributed by atoms with Gasteiger partial charge >= 0.3 is 6.80 Å². The van der Waals surface area contributed by atoms with Crippen molar-refractivity contribution in [1.29, 1.82) is 0 Å². The van der Waals surface area contributed by atoms with Gasteiger partial charge in [-0.05, 0) is 21.4 Å². The Labute approximate surface area is 73.9 Å². The molecule has 3 nitrogen and oxygen atoms in total. The Morgan fingerprint density at radius 2 is 1.80 bits per heavy atom. The molecule has 0 aliphatic rings. The van der Waals surface area contributed by atoms with Crippen LogP contribution in [0, 0.1) is 0 Å². The number of rotatable bonds is 3. The first-order chi connectivity index (χ1) is 4.31. The maximum atomic E-state index is 10.5. The Kier molecular flexibility index (Phi) is 4.38. The minimum absolute atomic E-state index is 0.0491. The Morgan fingerprint density at radius 1 is 1.40 bits per heavy atom. The van der Waals surface area contributed by atoms with Crippen LogP contribution >= 0.6 is 47.8 Å². The third-order valence-electron chi connectivity index (χ3n) is 0.671. The van der Waals surface area contributed by atoms with Gasteiger partial charge in [-0.15, -0.1) is 11.6 Å². The topological polar surface area (TPSA) is 57.5 Å². The molecule has 0 saturated carbocycles. The molecule has 10 heavy (non-hydrogen) atoms. The minimum atomic E-state index is -4.36. The van der Waals surface area contributed by atoms with Crippen LogP contribution in [0.15, 0.2) is 0 Å². The highest BCUT2D eigenvalue weighted by atomic mass is 36.0. The molecule has 0 unspecified atom stereocenters. The van der Waals surface area contributed by atoms with Gasteiger partial charge < -0.3 is 9.79 Å². The van der Waals surface area contributed by atoms with E-state index in [4.69, 9.17) is 42.8 Å². The maximum absolute atomic E-state index is 10.5. The zero-order valence-electron chi connectivity index (χ0n) is 4.71. The fourth-order valence-corrected chi connectivity index (χ4v) is 3.58. The Hall–Kier alpha value is 1.37. The molecule has 0 spiro atoms. The van der Waals surface area contributed by atoms with Crippen LogP contribution in [0.1, 0.15) is 0 Å². The van der Waals surface area contributed by atoms with Crippen molar-refractivity contribution in [1.82, 2.24) is 0 Å². The lowest BCUT2D eigenvalue weighted by Crippen LogP contribution is -1.92. The molecule has 0 heterocycles. The molecular weight excluding hydrogens is 241 g/mol. The van der Waals surface area contributed by atoms with Crippen molar-refractivity contribution in [3.05, 3.63) is 0 Å². The van der Waals surface area contributed by atoms with E-state index in [2.05, 4.69) is 0 Å². The van der Waals surface area contributed by atoms with Crippen LogP contribution in [-0.4, -0.2) is 21.4 Å². The van der Waals surface area contributed by atoms with E-state index in [1.807, 2.05) is 0 Å². The van der Waals surface area contributed by atoms with E-state index >= 15 is 0 Å². The quantitative estimate of drug-likeness (QED) is 0.595. The highest BCUT2D eigenvalue weighted by Crippen LogP contribution is 2.83. The van der Waals surface area contributed by atoms with Crippen LogP contribution in [0.5, 0.6) is 0 Å². The molecule has 0 radical (unpaired) electrons. The summed E-state index contributed by atoms with van der Waals surface area (Å²) in [5, 5.41) is 0. The lowest BCUT2D eigenvalue weighted by atomic mass is 11.0. The number of alkyl halides is 1. The van der Waals surface area contributed by atoms with Crippen molar-refractivity contribution < 1.29 is 14.4 Å². The summed E-state index contributed by atoms with van der Waals surface area (Å²) in [6.45, 7) is -4.36. The molecule has 0 aromatic heterocycles.